The number of ketones is 1. The second-order valence-corrected chi connectivity index (χ2v) is 8.76. The van der Waals surface area contributed by atoms with E-state index in [9.17, 15) is 19.6 Å². The molecule has 170 valence electrons. The van der Waals surface area contributed by atoms with Gasteiger partial charge in [-0.2, -0.15) is 5.26 Å². The van der Waals surface area contributed by atoms with Gasteiger partial charge in [-0.1, -0.05) is 50.4 Å². The van der Waals surface area contributed by atoms with Crippen molar-refractivity contribution in [2.45, 2.75) is 57.7 Å². The SMILES string of the molecule is CC(C)[C@H](NC(=O)c1ccccc1Cl)C(=O)OCC(=O)C(C#N)=C1NC2CCCCC2N1. The van der Waals surface area contributed by atoms with E-state index in [-0.39, 0.29) is 34.2 Å². The summed E-state index contributed by atoms with van der Waals surface area (Å²) >= 11 is 6.05. The van der Waals surface area contributed by atoms with Gasteiger partial charge in [0.2, 0.25) is 5.78 Å². The van der Waals surface area contributed by atoms with Gasteiger partial charge in [-0.3, -0.25) is 9.59 Å². The molecule has 32 heavy (non-hydrogen) atoms. The van der Waals surface area contributed by atoms with Gasteiger partial charge in [0.25, 0.3) is 5.91 Å². The van der Waals surface area contributed by atoms with Crippen LogP contribution in [0.15, 0.2) is 35.7 Å². The minimum Gasteiger partial charge on any atom is -0.456 e. The van der Waals surface area contributed by atoms with E-state index in [0.717, 1.165) is 25.7 Å². The van der Waals surface area contributed by atoms with Crippen molar-refractivity contribution in [1.82, 2.24) is 16.0 Å². The highest BCUT2D eigenvalue weighted by molar-refractivity contribution is 6.33. The van der Waals surface area contributed by atoms with Crippen molar-refractivity contribution in [2.75, 3.05) is 6.61 Å². The number of hydrogen-bond donors (Lipinski definition) is 3. The Morgan fingerprint density at radius 2 is 1.81 bits per heavy atom. The minimum absolute atomic E-state index is 0.0894. The summed E-state index contributed by atoms with van der Waals surface area (Å²) in [5, 5.41) is 18.8. The lowest BCUT2D eigenvalue weighted by molar-refractivity contribution is -0.150. The molecule has 8 nitrogen and oxygen atoms in total. The van der Waals surface area contributed by atoms with Crippen molar-refractivity contribution in [3.63, 3.8) is 0 Å². The van der Waals surface area contributed by atoms with E-state index in [1.807, 2.05) is 6.07 Å². The molecule has 1 aromatic rings. The van der Waals surface area contributed by atoms with Crippen molar-refractivity contribution < 1.29 is 19.1 Å². The van der Waals surface area contributed by atoms with E-state index in [1.54, 1.807) is 38.1 Å². The van der Waals surface area contributed by atoms with E-state index in [1.165, 1.54) is 0 Å². The predicted octanol–water partition coefficient (Wildman–Crippen LogP) is 2.45. The van der Waals surface area contributed by atoms with Crippen LogP contribution >= 0.6 is 11.6 Å². The van der Waals surface area contributed by atoms with Gasteiger partial charge < -0.3 is 20.7 Å². The predicted molar refractivity (Wildman–Crippen MR) is 118 cm³/mol. The van der Waals surface area contributed by atoms with Gasteiger partial charge in [0.15, 0.2) is 6.61 Å². The van der Waals surface area contributed by atoms with Gasteiger partial charge >= 0.3 is 5.97 Å². The molecule has 1 saturated carbocycles. The number of nitriles is 1. The molecule has 0 bridgehead atoms. The third kappa shape index (κ3) is 5.40. The molecule has 1 aliphatic carbocycles. The number of carbonyl (C=O) groups is 3. The average molecular weight is 459 g/mol. The van der Waals surface area contributed by atoms with Crippen LogP contribution in [0.2, 0.25) is 5.02 Å². The molecule has 2 fully saturated rings. The Kier molecular flexibility index (Phi) is 7.75. The van der Waals surface area contributed by atoms with Gasteiger partial charge in [0, 0.05) is 12.1 Å². The molecule has 3 N–H and O–H groups in total. The summed E-state index contributed by atoms with van der Waals surface area (Å²) in [5.74, 6) is -1.76. The Morgan fingerprint density at radius 1 is 1.19 bits per heavy atom. The molecule has 9 heteroatoms. The highest BCUT2D eigenvalue weighted by Gasteiger charge is 2.34. The van der Waals surface area contributed by atoms with E-state index in [0.29, 0.717) is 5.82 Å². The summed E-state index contributed by atoms with van der Waals surface area (Å²) in [5.41, 5.74) is 0.147. The molecule has 1 aromatic carbocycles. The minimum atomic E-state index is -0.977. The van der Waals surface area contributed by atoms with Crippen LogP contribution < -0.4 is 16.0 Å². The van der Waals surface area contributed by atoms with Gasteiger partial charge in [0.05, 0.1) is 10.6 Å². The fourth-order valence-corrected chi connectivity index (χ4v) is 4.17. The van der Waals surface area contributed by atoms with E-state index < -0.39 is 30.3 Å². The van der Waals surface area contributed by atoms with Crippen molar-refractivity contribution in [2.24, 2.45) is 5.92 Å². The summed E-state index contributed by atoms with van der Waals surface area (Å²) in [7, 11) is 0. The largest absolute Gasteiger partial charge is 0.456 e. The number of benzene rings is 1. The van der Waals surface area contributed by atoms with E-state index >= 15 is 0 Å². The van der Waals surface area contributed by atoms with Crippen LogP contribution in [0.5, 0.6) is 0 Å². The zero-order valence-electron chi connectivity index (χ0n) is 18.1. The lowest BCUT2D eigenvalue weighted by atomic mass is 9.92. The van der Waals surface area contributed by atoms with E-state index in [2.05, 4.69) is 16.0 Å². The number of rotatable bonds is 7. The molecule has 1 saturated heterocycles. The number of esters is 1. The van der Waals surface area contributed by atoms with Crippen molar-refractivity contribution in [3.8, 4) is 6.07 Å². The number of amides is 1. The normalized spacial score (nSPS) is 20.3. The summed E-state index contributed by atoms with van der Waals surface area (Å²) in [6.45, 7) is 2.91. The monoisotopic (exact) mass is 458 g/mol. The molecule has 2 unspecified atom stereocenters. The van der Waals surface area contributed by atoms with Gasteiger partial charge in [-0.25, -0.2) is 4.79 Å². The summed E-state index contributed by atoms with van der Waals surface area (Å²) in [6, 6.07) is 7.83. The number of fused-ring (bicyclic) bond motifs is 1. The third-order valence-corrected chi connectivity index (χ3v) is 6.07. The third-order valence-electron chi connectivity index (χ3n) is 5.74. The second kappa shape index (κ2) is 10.5. The molecule has 1 heterocycles. The first-order chi connectivity index (χ1) is 15.3. The molecule has 1 aliphatic heterocycles. The Balaban J connectivity index is 1.62. The molecular weight excluding hydrogens is 432 g/mol. The number of halogens is 1. The molecule has 3 atom stereocenters. The maximum absolute atomic E-state index is 12.6. The highest BCUT2D eigenvalue weighted by Crippen LogP contribution is 2.25. The van der Waals surface area contributed by atoms with Crippen LogP contribution in [0, 0.1) is 17.2 Å². The van der Waals surface area contributed by atoms with Crippen molar-refractivity contribution in [3.05, 3.63) is 46.2 Å². The zero-order valence-corrected chi connectivity index (χ0v) is 18.9. The maximum Gasteiger partial charge on any atom is 0.329 e. The van der Waals surface area contributed by atoms with Crippen LogP contribution in [0.1, 0.15) is 49.9 Å². The molecule has 0 aromatic heterocycles. The van der Waals surface area contributed by atoms with Crippen LogP contribution in [0.3, 0.4) is 0 Å². The molecule has 1 amide bonds. The van der Waals surface area contributed by atoms with Crippen molar-refractivity contribution >= 4 is 29.3 Å². The van der Waals surface area contributed by atoms with Gasteiger partial charge in [-0.05, 0) is 30.9 Å². The van der Waals surface area contributed by atoms with Crippen LogP contribution in [-0.2, 0) is 14.3 Å². The smallest absolute Gasteiger partial charge is 0.329 e. The number of carbonyl (C=O) groups excluding carboxylic acids is 3. The van der Waals surface area contributed by atoms with Gasteiger partial charge in [-0.15, -0.1) is 0 Å². The number of ether oxygens (including phenoxy) is 1. The first-order valence-electron chi connectivity index (χ1n) is 10.7. The number of hydrogen-bond acceptors (Lipinski definition) is 7. The van der Waals surface area contributed by atoms with Crippen LogP contribution in [0.25, 0.3) is 0 Å². The fourth-order valence-electron chi connectivity index (χ4n) is 3.95. The first kappa shape index (κ1) is 23.6. The summed E-state index contributed by atoms with van der Waals surface area (Å²) in [6.07, 6.45) is 4.16. The first-order valence-corrected chi connectivity index (χ1v) is 11.1. The van der Waals surface area contributed by atoms with E-state index in [4.69, 9.17) is 16.3 Å². The van der Waals surface area contributed by atoms with Gasteiger partial charge in [0.1, 0.15) is 23.5 Å². The zero-order chi connectivity index (χ0) is 23.3. The summed E-state index contributed by atoms with van der Waals surface area (Å²) in [4.78, 5) is 37.8. The Morgan fingerprint density at radius 3 is 2.38 bits per heavy atom. The quantitative estimate of drug-likeness (QED) is 0.326. The molecule has 2 aliphatic rings. The van der Waals surface area contributed by atoms with Crippen LogP contribution in [0.4, 0.5) is 0 Å². The molecule has 3 rings (SSSR count). The Labute approximate surface area is 192 Å². The average Bonchev–Trinajstić information content (AvgIpc) is 3.20. The highest BCUT2D eigenvalue weighted by atomic mass is 35.5. The lowest BCUT2D eigenvalue weighted by Crippen LogP contribution is -2.45. The maximum atomic E-state index is 12.6. The molecule has 0 spiro atoms. The topological polar surface area (TPSA) is 120 Å². The number of nitrogens with zero attached hydrogens (tertiary/aromatic N) is 1. The summed E-state index contributed by atoms with van der Waals surface area (Å²) < 4.78 is 5.18. The Bertz CT molecular complexity index is 953. The molecule has 0 radical (unpaired) electrons. The molecular formula is C23H27ClN4O4. The Hall–Kier alpha value is -3.05. The number of Topliss-reactive ketones (excluding diaryl/α,β-unsaturated/α-hetero) is 1. The second-order valence-electron chi connectivity index (χ2n) is 8.35. The number of nitrogens with one attached hydrogen (secondary N) is 3. The fraction of sp³-hybridized carbons (Fsp3) is 0.478. The lowest BCUT2D eigenvalue weighted by Gasteiger charge is -2.23. The standard InChI is InChI=1S/C23H27ClN4O4/c1-13(2)20(28-22(30)14-7-3-4-8-16(14)24)23(31)32-12-19(29)15(11-25)21-26-17-9-5-6-10-18(17)27-21/h3-4,7-8,13,17-18,20,26-27H,5-6,9-10,12H2,1-2H3,(H,28,30)/t17?,18?,20-/m0/s1. The van der Waals surface area contributed by atoms with Crippen LogP contribution in [-0.4, -0.2) is 42.4 Å². The van der Waals surface area contributed by atoms with Crippen molar-refractivity contribution in [1.29, 1.82) is 5.26 Å².